The number of nitrogens with two attached hydrogens (primary N) is 1. The molecule has 0 saturated carbocycles. The third-order valence-electron chi connectivity index (χ3n) is 4.79. The van der Waals surface area contributed by atoms with Crippen LogP contribution in [0.15, 0.2) is 48.5 Å². The smallest absolute Gasteiger partial charge is 0.241 e. The lowest BCUT2D eigenvalue weighted by Gasteiger charge is -2.26. The lowest BCUT2D eigenvalue weighted by molar-refractivity contribution is -0.119. The Morgan fingerprint density at radius 3 is 2.54 bits per heavy atom. The minimum atomic E-state index is -0.662. The number of nitrogens with one attached hydrogen (secondary N) is 2. The third kappa shape index (κ3) is 5.37. The van der Waals surface area contributed by atoms with E-state index in [1.807, 2.05) is 30.3 Å². The van der Waals surface area contributed by atoms with E-state index in [1.54, 1.807) is 0 Å². The molecule has 4 N–H and O–H groups in total. The Balaban J connectivity index is 1.62. The van der Waals surface area contributed by atoms with Gasteiger partial charge in [-0.05, 0) is 42.5 Å². The van der Waals surface area contributed by atoms with Crippen molar-refractivity contribution in [2.24, 2.45) is 11.7 Å². The first-order valence-corrected chi connectivity index (χ1v) is 9.30. The molecule has 0 aromatic heterocycles. The Bertz CT molecular complexity index is 823. The van der Waals surface area contributed by atoms with Gasteiger partial charge in [0.15, 0.2) is 0 Å². The number of anilines is 2. The summed E-state index contributed by atoms with van der Waals surface area (Å²) >= 11 is 0. The second-order valence-corrected chi connectivity index (χ2v) is 6.87. The highest BCUT2D eigenvalue weighted by molar-refractivity contribution is 5.97. The standard InChI is InChI=1S/C21H24FN3O3/c22-17-7-6-16(24-21(27)20(23)15-8-10-28-11-9-15)13-18(17)25-19(26)12-14-4-2-1-3-5-14/h1-7,13,15,20H,8-12,23H2,(H,24,27)(H,25,26). The van der Waals surface area contributed by atoms with Gasteiger partial charge in [-0.1, -0.05) is 30.3 Å². The van der Waals surface area contributed by atoms with Gasteiger partial charge in [-0.3, -0.25) is 9.59 Å². The maximum absolute atomic E-state index is 14.1. The average molecular weight is 385 g/mol. The second-order valence-electron chi connectivity index (χ2n) is 6.87. The van der Waals surface area contributed by atoms with Crippen LogP contribution in [0, 0.1) is 11.7 Å². The van der Waals surface area contributed by atoms with E-state index < -0.39 is 11.9 Å². The molecule has 7 heteroatoms. The molecular formula is C21H24FN3O3. The fraction of sp³-hybridized carbons (Fsp3) is 0.333. The highest BCUT2D eigenvalue weighted by atomic mass is 19.1. The predicted molar refractivity (Wildman–Crippen MR) is 105 cm³/mol. The number of hydrogen-bond acceptors (Lipinski definition) is 4. The summed E-state index contributed by atoms with van der Waals surface area (Å²) in [5, 5.41) is 5.26. The zero-order chi connectivity index (χ0) is 19.9. The largest absolute Gasteiger partial charge is 0.381 e. The minimum Gasteiger partial charge on any atom is -0.381 e. The summed E-state index contributed by atoms with van der Waals surface area (Å²) < 4.78 is 19.4. The fourth-order valence-electron chi connectivity index (χ4n) is 3.19. The van der Waals surface area contributed by atoms with E-state index in [9.17, 15) is 14.0 Å². The predicted octanol–water partition coefficient (Wildman–Crippen LogP) is 2.70. The summed E-state index contributed by atoms with van der Waals surface area (Å²) in [7, 11) is 0. The van der Waals surface area contributed by atoms with E-state index in [4.69, 9.17) is 10.5 Å². The number of halogens is 1. The molecule has 2 aromatic carbocycles. The summed E-state index contributed by atoms with van der Waals surface area (Å²) in [6.07, 6.45) is 1.60. The summed E-state index contributed by atoms with van der Waals surface area (Å²) in [5.74, 6) is -1.19. The normalized spacial score (nSPS) is 15.6. The molecule has 1 unspecified atom stereocenters. The third-order valence-corrected chi connectivity index (χ3v) is 4.79. The van der Waals surface area contributed by atoms with Gasteiger partial charge in [0.25, 0.3) is 0 Å². The first kappa shape index (κ1) is 20.0. The van der Waals surface area contributed by atoms with E-state index >= 15 is 0 Å². The van der Waals surface area contributed by atoms with Gasteiger partial charge in [-0.15, -0.1) is 0 Å². The SMILES string of the molecule is NC(C(=O)Nc1ccc(F)c(NC(=O)Cc2ccccc2)c1)C1CCOCC1. The van der Waals surface area contributed by atoms with Gasteiger partial charge in [0.05, 0.1) is 18.2 Å². The Morgan fingerprint density at radius 2 is 1.82 bits per heavy atom. The molecule has 6 nitrogen and oxygen atoms in total. The summed E-state index contributed by atoms with van der Waals surface area (Å²) in [5.41, 5.74) is 7.28. The van der Waals surface area contributed by atoms with Crippen LogP contribution in [0.2, 0.25) is 0 Å². The van der Waals surface area contributed by atoms with E-state index in [-0.39, 0.29) is 29.8 Å². The number of ether oxygens (including phenoxy) is 1. The molecule has 1 atom stereocenters. The maximum atomic E-state index is 14.1. The van der Waals surface area contributed by atoms with Gasteiger partial charge in [0.2, 0.25) is 11.8 Å². The van der Waals surface area contributed by atoms with Gasteiger partial charge in [-0.2, -0.15) is 0 Å². The van der Waals surface area contributed by atoms with Crippen LogP contribution < -0.4 is 16.4 Å². The highest BCUT2D eigenvalue weighted by Gasteiger charge is 2.26. The van der Waals surface area contributed by atoms with Crippen molar-refractivity contribution in [3.05, 3.63) is 59.9 Å². The maximum Gasteiger partial charge on any atom is 0.241 e. The Kier molecular flexibility index (Phi) is 6.73. The van der Waals surface area contributed by atoms with Gasteiger partial charge in [0, 0.05) is 18.9 Å². The van der Waals surface area contributed by atoms with Crippen LogP contribution in [0.4, 0.5) is 15.8 Å². The van der Waals surface area contributed by atoms with E-state index in [0.29, 0.717) is 18.9 Å². The van der Waals surface area contributed by atoms with E-state index in [0.717, 1.165) is 18.4 Å². The number of carbonyl (C=O) groups is 2. The topological polar surface area (TPSA) is 93.5 Å². The lowest BCUT2D eigenvalue weighted by atomic mass is 9.92. The molecule has 1 saturated heterocycles. The van der Waals surface area contributed by atoms with Crippen molar-refractivity contribution in [2.75, 3.05) is 23.8 Å². The first-order chi connectivity index (χ1) is 13.5. The monoisotopic (exact) mass is 385 g/mol. The van der Waals surface area contributed by atoms with Crippen LogP contribution in [0.5, 0.6) is 0 Å². The fourth-order valence-corrected chi connectivity index (χ4v) is 3.19. The van der Waals surface area contributed by atoms with E-state index in [1.165, 1.54) is 18.2 Å². The molecule has 1 heterocycles. The zero-order valence-corrected chi connectivity index (χ0v) is 15.5. The number of amides is 2. The van der Waals surface area contributed by atoms with Crippen molar-refractivity contribution in [2.45, 2.75) is 25.3 Å². The van der Waals surface area contributed by atoms with Crippen LogP contribution in [-0.4, -0.2) is 31.1 Å². The quantitative estimate of drug-likeness (QED) is 0.713. The van der Waals surface area contributed by atoms with Crippen molar-refractivity contribution >= 4 is 23.2 Å². The summed E-state index contributed by atoms with van der Waals surface area (Å²) in [6.45, 7) is 1.19. The molecule has 1 fully saturated rings. The molecule has 0 bridgehead atoms. The second kappa shape index (κ2) is 9.43. The van der Waals surface area contributed by atoms with Gasteiger partial charge in [0.1, 0.15) is 5.82 Å². The molecule has 1 aliphatic rings. The van der Waals surface area contributed by atoms with Crippen molar-refractivity contribution < 1.29 is 18.7 Å². The molecule has 2 amide bonds. The van der Waals surface area contributed by atoms with Crippen molar-refractivity contribution in [3.8, 4) is 0 Å². The van der Waals surface area contributed by atoms with Crippen LogP contribution >= 0.6 is 0 Å². The highest BCUT2D eigenvalue weighted by Crippen LogP contribution is 2.22. The zero-order valence-electron chi connectivity index (χ0n) is 15.5. The molecule has 0 radical (unpaired) electrons. The molecule has 1 aliphatic heterocycles. The Labute approximate surface area is 163 Å². The van der Waals surface area contributed by atoms with Gasteiger partial charge >= 0.3 is 0 Å². The number of carbonyl (C=O) groups excluding carboxylic acids is 2. The molecule has 148 valence electrons. The number of hydrogen-bond donors (Lipinski definition) is 3. The molecule has 0 spiro atoms. The summed E-state index contributed by atoms with van der Waals surface area (Å²) in [4.78, 5) is 24.6. The van der Waals surface area contributed by atoms with Crippen LogP contribution in [0.25, 0.3) is 0 Å². The summed E-state index contributed by atoms with van der Waals surface area (Å²) in [6, 6.07) is 12.6. The average Bonchev–Trinajstić information content (AvgIpc) is 2.71. The van der Waals surface area contributed by atoms with Crippen molar-refractivity contribution in [1.82, 2.24) is 0 Å². The van der Waals surface area contributed by atoms with Crippen LogP contribution in [0.1, 0.15) is 18.4 Å². The lowest BCUT2D eigenvalue weighted by Crippen LogP contribution is -2.44. The van der Waals surface area contributed by atoms with Gasteiger partial charge < -0.3 is 21.1 Å². The Morgan fingerprint density at radius 1 is 1.11 bits per heavy atom. The number of benzene rings is 2. The number of rotatable bonds is 6. The van der Waals surface area contributed by atoms with E-state index in [2.05, 4.69) is 10.6 Å². The van der Waals surface area contributed by atoms with Crippen LogP contribution in [0.3, 0.4) is 0 Å². The molecule has 28 heavy (non-hydrogen) atoms. The molecular weight excluding hydrogens is 361 g/mol. The van der Waals surface area contributed by atoms with Crippen LogP contribution in [-0.2, 0) is 20.7 Å². The molecule has 0 aliphatic carbocycles. The van der Waals surface area contributed by atoms with Crippen molar-refractivity contribution in [1.29, 1.82) is 0 Å². The minimum absolute atomic E-state index is 0.0124. The molecule has 3 rings (SSSR count). The molecule has 2 aromatic rings. The Hall–Kier alpha value is -2.77. The van der Waals surface area contributed by atoms with Gasteiger partial charge in [-0.25, -0.2) is 4.39 Å². The first-order valence-electron chi connectivity index (χ1n) is 9.30. The van der Waals surface area contributed by atoms with Crippen molar-refractivity contribution in [3.63, 3.8) is 0 Å².